The summed E-state index contributed by atoms with van der Waals surface area (Å²) in [5, 5.41) is 9.26. The van der Waals surface area contributed by atoms with E-state index in [9.17, 15) is 14.3 Å². The van der Waals surface area contributed by atoms with Crippen LogP contribution in [-0.2, 0) is 4.79 Å². The van der Waals surface area contributed by atoms with E-state index in [0.717, 1.165) is 19.3 Å². The van der Waals surface area contributed by atoms with E-state index in [1.54, 1.807) is 0 Å². The number of rotatable bonds is 4. The zero-order valence-corrected chi connectivity index (χ0v) is 10.3. The van der Waals surface area contributed by atoms with Crippen molar-refractivity contribution in [1.29, 1.82) is 0 Å². The highest BCUT2D eigenvalue weighted by molar-refractivity contribution is 5.73. The maximum atomic E-state index is 12.3. The standard InChI is InChI=1S/C13H22FNO2/c14-8-3-9-15-11-5-2-1-4-10(11)6-7-12(15)13(16)17/h10-12H,1-9H2,(H,16,17). The van der Waals surface area contributed by atoms with Gasteiger partial charge in [0.25, 0.3) is 0 Å². The molecular formula is C13H22FNO2. The Kier molecular flexibility index (Phi) is 4.37. The Balaban J connectivity index is 2.07. The minimum absolute atomic E-state index is 0.347. The highest BCUT2D eigenvalue weighted by atomic mass is 19.1. The van der Waals surface area contributed by atoms with Gasteiger partial charge in [0, 0.05) is 12.6 Å². The number of carbonyl (C=O) groups is 1. The van der Waals surface area contributed by atoms with Gasteiger partial charge in [0.15, 0.2) is 0 Å². The van der Waals surface area contributed by atoms with E-state index in [2.05, 4.69) is 4.90 Å². The highest BCUT2D eigenvalue weighted by Crippen LogP contribution is 2.37. The fourth-order valence-corrected chi connectivity index (χ4v) is 3.56. The number of hydrogen-bond acceptors (Lipinski definition) is 2. The molecule has 1 aliphatic carbocycles. The molecule has 0 radical (unpaired) electrons. The lowest BCUT2D eigenvalue weighted by molar-refractivity contribution is -0.148. The summed E-state index contributed by atoms with van der Waals surface area (Å²) < 4.78 is 12.3. The molecule has 0 bridgehead atoms. The van der Waals surface area contributed by atoms with Crippen LogP contribution in [0.25, 0.3) is 0 Å². The van der Waals surface area contributed by atoms with E-state index in [4.69, 9.17) is 0 Å². The molecule has 1 N–H and O–H groups in total. The summed E-state index contributed by atoms with van der Waals surface area (Å²) in [6, 6.07) is 0.0195. The molecule has 1 aliphatic heterocycles. The van der Waals surface area contributed by atoms with Crippen molar-refractivity contribution in [2.75, 3.05) is 13.2 Å². The molecule has 0 aromatic heterocycles. The predicted molar refractivity (Wildman–Crippen MR) is 63.7 cm³/mol. The average Bonchev–Trinajstić information content (AvgIpc) is 2.35. The van der Waals surface area contributed by atoms with Crippen LogP contribution < -0.4 is 0 Å². The van der Waals surface area contributed by atoms with Gasteiger partial charge in [-0.25, -0.2) is 0 Å². The SMILES string of the molecule is O=C(O)C1CCC2CCCCC2N1CCCF. The number of aliphatic carboxylic acids is 1. The second-order valence-electron chi connectivity index (χ2n) is 5.32. The van der Waals surface area contributed by atoms with Crippen molar-refractivity contribution >= 4 is 5.97 Å². The molecule has 17 heavy (non-hydrogen) atoms. The Labute approximate surface area is 102 Å². The van der Waals surface area contributed by atoms with Gasteiger partial charge in [-0.05, 0) is 38.0 Å². The summed E-state index contributed by atoms with van der Waals surface area (Å²) in [5.41, 5.74) is 0. The van der Waals surface area contributed by atoms with Crippen LogP contribution in [0.2, 0.25) is 0 Å². The van der Waals surface area contributed by atoms with E-state index >= 15 is 0 Å². The Morgan fingerprint density at radius 1 is 1.24 bits per heavy atom. The van der Waals surface area contributed by atoms with Gasteiger partial charge in [-0.1, -0.05) is 12.8 Å². The third-order valence-electron chi connectivity index (χ3n) is 4.34. The lowest BCUT2D eigenvalue weighted by Crippen LogP contribution is -2.55. The summed E-state index contributed by atoms with van der Waals surface area (Å²) in [7, 11) is 0. The topological polar surface area (TPSA) is 40.5 Å². The van der Waals surface area contributed by atoms with Gasteiger partial charge < -0.3 is 5.11 Å². The molecule has 0 amide bonds. The molecule has 0 spiro atoms. The molecule has 3 nitrogen and oxygen atoms in total. The number of alkyl halides is 1. The quantitative estimate of drug-likeness (QED) is 0.824. The van der Waals surface area contributed by atoms with Crippen molar-refractivity contribution in [2.24, 2.45) is 5.92 Å². The number of piperidine rings is 1. The molecule has 3 unspecified atom stereocenters. The minimum atomic E-state index is -0.729. The first-order chi connectivity index (χ1) is 8.24. The average molecular weight is 243 g/mol. The smallest absolute Gasteiger partial charge is 0.320 e. The summed E-state index contributed by atoms with van der Waals surface area (Å²) in [4.78, 5) is 13.3. The Morgan fingerprint density at radius 3 is 2.71 bits per heavy atom. The van der Waals surface area contributed by atoms with Gasteiger partial charge in [-0.3, -0.25) is 14.1 Å². The lowest BCUT2D eigenvalue weighted by atomic mass is 9.76. The number of fused-ring (bicyclic) bond motifs is 1. The number of halogens is 1. The largest absolute Gasteiger partial charge is 0.480 e. The second-order valence-corrected chi connectivity index (χ2v) is 5.32. The Bertz CT molecular complexity index is 272. The van der Waals surface area contributed by atoms with Crippen molar-refractivity contribution < 1.29 is 14.3 Å². The maximum absolute atomic E-state index is 12.3. The lowest BCUT2D eigenvalue weighted by Gasteiger charge is -2.47. The van der Waals surface area contributed by atoms with Gasteiger partial charge in [0.2, 0.25) is 0 Å². The van der Waals surface area contributed by atoms with Crippen LogP contribution >= 0.6 is 0 Å². The van der Waals surface area contributed by atoms with Crippen LogP contribution in [0, 0.1) is 5.92 Å². The van der Waals surface area contributed by atoms with Gasteiger partial charge in [0.05, 0.1) is 6.67 Å². The third-order valence-corrected chi connectivity index (χ3v) is 4.34. The van der Waals surface area contributed by atoms with E-state index < -0.39 is 5.97 Å². The summed E-state index contributed by atoms with van der Waals surface area (Å²) >= 11 is 0. The summed E-state index contributed by atoms with van der Waals surface area (Å²) in [5.74, 6) is -0.0770. The number of carboxylic acids is 1. The molecule has 1 heterocycles. The van der Waals surface area contributed by atoms with E-state index in [1.807, 2.05) is 0 Å². The van der Waals surface area contributed by atoms with Crippen molar-refractivity contribution in [3.63, 3.8) is 0 Å². The predicted octanol–water partition coefficient (Wildman–Crippen LogP) is 2.45. The monoisotopic (exact) mass is 243 g/mol. The Morgan fingerprint density at radius 2 is 2.00 bits per heavy atom. The number of hydrogen-bond donors (Lipinski definition) is 1. The van der Waals surface area contributed by atoms with Gasteiger partial charge >= 0.3 is 5.97 Å². The molecule has 3 atom stereocenters. The normalized spacial score (nSPS) is 34.3. The van der Waals surface area contributed by atoms with Crippen LogP contribution in [0.1, 0.15) is 44.9 Å². The zero-order chi connectivity index (χ0) is 12.3. The minimum Gasteiger partial charge on any atom is -0.480 e. The van der Waals surface area contributed by atoms with Crippen molar-refractivity contribution in [2.45, 2.75) is 57.0 Å². The number of likely N-dealkylation sites (tertiary alicyclic amines) is 1. The Hall–Kier alpha value is -0.640. The van der Waals surface area contributed by atoms with E-state index in [1.165, 1.54) is 19.3 Å². The van der Waals surface area contributed by atoms with E-state index in [-0.39, 0.29) is 12.7 Å². The summed E-state index contributed by atoms with van der Waals surface area (Å²) in [6.07, 6.45) is 7.03. The fourth-order valence-electron chi connectivity index (χ4n) is 3.56. The molecule has 4 heteroatoms. The van der Waals surface area contributed by atoms with Gasteiger partial charge in [0.1, 0.15) is 6.04 Å². The number of nitrogens with zero attached hydrogens (tertiary/aromatic N) is 1. The zero-order valence-electron chi connectivity index (χ0n) is 10.3. The molecule has 98 valence electrons. The molecular weight excluding hydrogens is 221 g/mol. The maximum Gasteiger partial charge on any atom is 0.320 e. The first-order valence-electron chi connectivity index (χ1n) is 6.78. The first kappa shape index (κ1) is 12.8. The van der Waals surface area contributed by atoms with Crippen molar-refractivity contribution in [3.05, 3.63) is 0 Å². The molecule has 1 saturated carbocycles. The highest BCUT2D eigenvalue weighted by Gasteiger charge is 2.40. The second kappa shape index (κ2) is 5.80. The fraction of sp³-hybridized carbons (Fsp3) is 0.923. The van der Waals surface area contributed by atoms with Crippen LogP contribution in [0.15, 0.2) is 0 Å². The van der Waals surface area contributed by atoms with Crippen LogP contribution in [0.3, 0.4) is 0 Å². The van der Waals surface area contributed by atoms with Gasteiger partial charge in [-0.15, -0.1) is 0 Å². The van der Waals surface area contributed by atoms with Crippen LogP contribution in [0.5, 0.6) is 0 Å². The van der Waals surface area contributed by atoms with Crippen LogP contribution in [0.4, 0.5) is 4.39 Å². The summed E-state index contributed by atoms with van der Waals surface area (Å²) in [6.45, 7) is 0.259. The molecule has 0 aromatic rings. The molecule has 1 saturated heterocycles. The molecule has 2 fully saturated rings. The first-order valence-corrected chi connectivity index (χ1v) is 6.78. The van der Waals surface area contributed by atoms with Crippen molar-refractivity contribution in [1.82, 2.24) is 4.90 Å². The van der Waals surface area contributed by atoms with Crippen molar-refractivity contribution in [3.8, 4) is 0 Å². The number of carboxylic acid groups (broad SMARTS) is 1. The molecule has 0 aromatic carbocycles. The molecule has 2 aliphatic rings. The van der Waals surface area contributed by atoms with Crippen LogP contribution in [-0.4, -0.2) is 41.3 Å². The molecule has 2 rings (SSSR count). The third kappa shape index (κ3) is 2.79. The van der Waals surface area contributed by atoms with E-state index in [0.29, 0.717) is 24.9 Å². The van der Waals surface area contributed by atoms with Gasteiger partial charge in [-0.2, -0.15) is 0 Å².